The van der Waals surface area contributed by atoms with E-state index in [1.165, 1.54) is 0 Å². The third kappa shape index (κ3) is 4.71. The van der Waals surface area contributed by atoms with Crippen molar-refractivity contribution in [3.63, 3.8) is 0 Å². The molecule has 2 rings (SSSR count). The number of piperidine rings is 1. The molecule has 0 saturated carbocycles. The predicted octanol–water partition coefficient (Wildman–Crippen LogP) is 2.83. The van der Waals surface area contributed by atoms with E-state index in [1.54, 1.807) is 11.0 Å². The van der Waals surface area contributed by atoms with Crippen LogP contribution in [0.15, 0.2) is 18.2 Å². The van der Waals surface area contributed by atoms with Crippen LogP contribution in [-0.2, 0) is 4.79 Å². The van der Waals surface area contributed by atoms with E-state index in [0.29, 0.717) is 24.5 Å². The van der Waals surface area contributed by atoms with Crippen molar-refractivity contribution in [3.05, 3.63) is 23.8 Å². The van der Waals surface area contributed by atoms with Gasteiger partial charge in [-0.1, -0.05) is 19.9 Å². The highest BCUT2D eigenvalue weighted by Gasteiger charge is 2.23. The molecule has 1 saturated heterocycles. The first-order valence-corrected chi connectivity index (χ1v) is 8.49. The lowest BCUT2D eigenvalue weighted by atomic mass is 9.99. The zero-order valence-corrected chi connectivity index (χ0v) is 14.6. The number of hydrogen-bond acceptors (Lipinski definition) is 3. The molecule has 1 atom stereocenters. The van der Waals surface area contributed by atoms with Gasteiger partial charge < -0.3 is 20.6 Å². The number of likely N-dealkylation sites (tertiary alicyclic amines) is 1. The molecule has 1 unspecified atom stereocenters. The SMILES string of the molecule is Cc1ccc(NC(=O)C(C)C)cc1NC(=O)N1CCCC(CO)C1. The van der Waals surface area contributed by atoms with Gasteiger partial charge in [0.05, 0.1) is 0 Å². The monoisotopic (exact) mass is 333 g/mol. The number of benzene rings is 1. The summed E-state index contributed by atoms with van der Waals surface area (Å²) < 4.78 is 0. The molecule has 3 N–H and O–H groups in total. The van der Waals surface area contributed by atoms with Crippen LogP contribution >= 0.6 is 0 Å². The number of rotatable bonds is 4. The van der Waals surface area contributed by atoms with E-state index in [9.17, 15) is 14.7 Å². The van der Waals surface area contributed by atoms with Crippen molar-refractivity contribution in [2.45, 2.75) is 33.6 Å². The summed E-state index contributed by atoms with van der Waals surface area (Å²) >= 11 is 0. The minimum atomic E-state index is -0.163. The molecule has 1 aromatic rings. The van der Waals surface area contributed by atoms with E-state index in [0.717, 1.165) is 18.4 Å². The predicted molar refractivity (Wildman–Crippen MR) is 95.0 cm³/mol. The van der Waals surface area contributed by atoms with Crippen LogP contribution in [-0.4, -0.2) is 41.6 Å². The quantitative estimate of drug-likeness (QED) is 0.792. The standard InChI is InChI=1S/C18H27N3O3/c1-12(2)17(23)19-15-7-6-13(3)16(9-15)20-18(24)21-8-4-5-14(10-21)11-22/h6-7,9,12,14,22H,4-5,8,10-11H2,1-3H3,(H,19,23)(H,20,24). The minimum Gasteiger partial charge on any atom is -0.396 e. The number of urea groups is 1. The molecule has 0 aliphatic carbocycles. The Balaban J connectivity index is 2.05. The molecule has 132 valence electrons. The molecule has 6 nitrogen and oxygen atoms in total. The fourth-order valence-corrected chi connectivity index (χ4v) is 2.71. The summed E-state index contributed by atoms with van der Waals surface area (Å²) in [6.07, 6.45) is 1.86. The molecule has 0 radical (unpaired) electrons. The number of aryl methyl sites for hydroxylation is 1. The van der Waals surface area contributed by atoms with Gasteiger partial charge in [0.25, 0.3) is 0 Å². The molecule has 24 heavy (non-hydrogen) atoms. The van der Waals surface area contributed by atoms with Crippen LogP contribution in [0.4, 0.5) is 16.2 Å². The van der Waals surface area contributed by atoms with E-state index in [-0.39, 0.29) is 30.4 Å². The second-order valence-electron chi connectivity index (χ2n) is 6.74. The molecule has 0 aromatic heterocycles. The summed E-state index contributed by atoms with van der Waals surface area (Å²) in [4.78, 5) is 26.0. The lowest BCUT2D eigenvalue weighted by Crippen LogP contribution is -2.43. The number of aliphatic hydroxyl groups is 1. The second kappa shape index (κ2) is 8.15. The van der Waals surface area contributed by atoms with Crippen LogP contribution in [0.5, 0.6) is 0 Å². The third-order valence-electron chi connectivity index (χ3n) is 4.34. The van der Waals surface area contributed by atoms with Gasteiger partial charge >= 0.3 is 6.03 Å². The zero-order chi connectivity index (χ0) is 17.7. The number of hydrogen-bond donors (Lipinski definition) is 3. The molecular weight excluding hydrogens is 306 g/mol. The van der Waals surface area contributed by atoms with Gasteiger partial charge in [0.2, 0.25) is 5.91 Å². The van der Waals surface area contributed by atoms with Crippen LogP contribution in [0.1, 0.15) is 32.3 Å². The summed E-state index contributed by atoms with van der Waals surface area (Å²) in [7, 11) is 0. The van der Waals surface area contributed by atoms with Gasteiger partial charge in [-0.05, 0) is 43.4 Å². The summed E-state index contributed by atoms with van der Waals surface area (Å²) in [6, 6.07) is 5.32. The lowest BCUT2D eigenvalue weighted by Gasteiger charge is -2.32. The summed E-state index contributed by atoms with van der Waals surface area (Å²) in [5.41, 5.74) is 2.29. The number of anilines is 2. The zero-order valence-electron chi connectivity index (χ0n) is 14.6. The molecule has 3 amide bonds. The molecular formula is C18H27N3O3. The van der Waals surface area contributed by atoms with Crippen LogP contribution < -0.4 is 10.6 Å². The van der Waals surface area contributed by atoms with Gasteiger partial charge in [0.1, 0.15) is 0 Å². The molecule has 1 aliphatic rings. The Kier molecular flexibility index (Phi) is 6.20. The van der Waals surface area contributed by atoms with Crippen LogP contribution in [0.2, 0.25) is 0 Å². The summed E-state index contributed by atoms with van der Waals surface area (Å²) in [5, 5.41) is 15.1. The maximum absolute atomic E-state index is 12.5. The number of carbonyl (C=O) groups is 2. The largest absolute Gasteiger partial charge is 0.396 e. The number of carbonyl (C=O) groups excluding carboxylic acids is 2. The first-order chi connectivity index (χ1) is 11.4. The first kappa shape index (κ1) is 18.3. The number of amides is 3. The molecule has 1 aliphatic heterocycles. The van der Waals surface area contributed by atoms with Crippen molar-refractivity contribution in [1.29, 1.82) is 0 Å². The molecule has 1 fully saturated rings. The van der Waals surface area contributed by atoms with Gasteiger partial charge in [-0.15, -0.1) is 0 Å². The van der Waals surface area contributed by atoms with Crippen molar-refractivity contribution in [3.8, 4) is 0 Å². The number of nitrogens with zero attached hydrogens (tertiary/aromatic N) is 1. The summed E-state index contributed by atoms with van der Waals surface area (Å²) in [5.74, 6) is -0.00619. The Morgan fingerprint density at radius 1 is 1.33 bits per heavy atom. The smallest absolute Gasteiger partial charge is 0.321 e. The van der Waals surface area contributed by atoms with Gasteiger partial charge in [-0.2, -0.15) is 0 Å². The molecule has 0 spiro atoms. The van der Waals surface area contributed by atoms with Crippen molar-refractivity contribution < 1.29 is 14.7 Å². The van der Waals surface area contributed by atoms with Crippen molar-refractivity contribution >= 4 is 23.3 Å². The third-order valence-corrected chi connectivity index (χ3v) is 4.34. The van der Waals surface area contributed by atoms with Crippen molar-refractivity contribution in [2.75, 3.05) is 30.3 Å². The summed E-state index contributed by atoms with van der Waals surface area (Å²) in [6.45, 7) is 6.96. The lowest BCUT2D eigenvalue weighted by molar-refractivity contribution is -0.118. The first-order valence-electron chi connectivity index (χ1n) is 8.49. The van der Waals surface area contributed by atoms with E-state index in [2.05, 4.69) is 10.6 Å². The minimum absolute atomic E-state index is 0.0575. The van der Waals surface area contributed by atoms with Crippen molar-refractivity contribution in [2.24, 2.45) is 11.8 Å². The average molecular weight is 333 g/mol. The van der Waals surface area contributed by atoms with Crippen LogP contribution in [0.3, 0.4) is 0 Å². The van der Waals surface area contributed by atoms with Crippen LogP contribution in [0, 0.1) is 18.8 Å². The maximum atomic E-state index is 12.5. The molecule has 6 heteroatoms. The van der Waals surface area contributed by atoms with Crippen molar-refractivity contribution in [1.82, 2.24) is 4.90 Å². The molecule has 1 aromatic carbocycles. The number of aliphatic hydroxyl groups excluding tert-OH is 1. The van der Waals surface area contributed by atoms with Gasteiger partial charge in [-0.25, -0.2) is 4.79 Å². The van der Waals surface area contributed by atoms with E-state index < -0.39 is 0 Å². The Morgan fingerprint density at radius 3 is 2.75 bits per heavy atom. The highest BCUT2D eigenvalue weighted by molar-refractivity contribution is 5.94. The van der Waals surface area contributed by atoms with Gasteiger partial charge in [0.15, 0.2) is 0 Å². The van der Waals surface area contributed by atoms with Gasteiger partial charge in [0, 0.05) is 37.0 Å². The maximum Gasteiger partial charge on any atom is 0.321 e. The fraction of sp³-hybridized carbons (Fsp3) is 0.556. The highest BCUT2D eigenvalue weighted by Crippen LogP contribution is 2.22. The fourth-order valence-electron chi connectivity index (χ4n) is 2.71. The highest BCUT2D eigenvalue weighted by atomic mass is 16.3. The normalized spacial score (nSPS) is 17.7. The Morgan fingerprint density at radius 2 is 2.08 bits per heavy atom. The average Bonchev–Trinajstić information content (AvgIpc) is 2.57. The van der Waals surface area contributed by atoms with Gasteiger partial charge in [-0.3, -0.25) is 4.79 Å². The second-order valence-corrected chi connectivity index (χ2v) is 6.74. The Bertz CT molecular complexity index is 601. The molecule has 0 bridgehead atoms. The topological polar surface area (TPSA) is 81.7 Å². The number of nitrogens with one attached hydrogen (secondary N) is 2. The van der Waals surface area contributed by atoms with E-state index in [4.69, 9.17) is 0 Å². The Labute approximate surface area is 143 Å². The Hall–Kier alpha value is -2.08. The molecule has 1 heterocycles. The van der Waals surface area contributed by atoms with E-state index >= 15 is 0 Å². The van der Waals surface area contributed by atoms with Crippen LogP contribution in [0.25, 0.3) is 0 Å². The van der Waals surface area contributed by atoms with E-state index in [1.807, 2.05) is 32.9 Å².